The Hall–Kier alpha value is -0.910. The number of hydrogen-bond donors (Lipinski definition) is 1. The number of piperidine rings is 1. The van der Waals surface area contributed by atoms with Crippen LogP contribution in [0, 0.1) is 0 Å². The van der Waals surface area contributed by atoms with Crippen LogP contribution in [0.1, 0.15) is 12.8 Å². The van der Waals surface area contributed by atoms with E-state index in [0.717, 1.165) is 37.2 Å². The number of likely N-dealkylation sites (tertiary alicyclic amines) is 1. The second-order valence-electron chi connectivity index (χ2n) is 5.18. The number of anilines is 2. The number of rotatable bonds is 4. The second-order valence-corrected chi connectivity index (χ2v) is 6.93. The molecule has 1 fully saturated rings. The van der Waals surface area contributed by atoms with Gasteiger partial charge in [0.1, 0.15) is 0 Å². The third-order valence-corrected chi connectivity index (χ3v) is 5.40. The van der Waals surface area contributed by atoms with E-state index < -0.39 is 0 Å². The molecule has 6 heteroatoms. The van der Waals surface area contributed by atoms with Crippen molar-refractivity contribution in [3.63, 3.8) is 0 Å². The summed E-state index contributed by atoms with van der Waals surface area (Å²) in [5, 5.41) is 1.23. The molecule has 0 aromatic heterocycles. The highest BCUT2D eigenvalue weighted by Gasteiger charge is 2.20. The normalized spacial score (nSPS) is 17.1. The summed E-state index contributed by atoms with van der Waals surface area (Å²) in [5.74, 6) is 0. The summed E-state index contributed by atoms with van der Waals surface area (Å²) in [5.41, 5.74) is 7.15. The van der Waals surface area contributed by atoms with Crippen LogP contribution in [0.4, 0.5) is 11.4 Å². The summed E-state index contributed by atoms with van der Waals surface area (Å²) in [6.07, 6.45) is 3.06. The lowest BCUT2D eigenvalue weighted by molar-refractivity contribution is -0.107. The van der Waals surface area contributed by atoms with E-state index in [2.05, 4.69) is 11.9 Å². The van der Waals surface area contributed by atoms with Gasteiger partial charge in [0.05, 0.1) is 16.4 Å². The highest BCUT2D eigenvalue weighted by Crippen LogP contribution is 2.39. The Kier molecular flexibility index (Phi) is 5.18. The van der Waals surface area contributed by atoms with Crippen molar-refractivity contribution in [3.05, 3.63) is 17.2 Å². The molecule has 1 saturated heterocycles. The first-order chi connectivity index (χ1) is 9.51. The Labute approximate surface area is 129 Å². The molecule has 0 atom stereocenters. The summed E-state index contributed by atoms with van der Waals surface area (Å²) in [6, 6.07) is 3.64. The van der Waals surface area contributed by atoms with E-state index in [1.807, 2.05) is 6.07 Å². The number of thioether (sulfide) groups is 1. The average Bonchev–Trinajstić information content (AvgIpc) is 2.43. The predicted molar refractivity (Wildman–Crippen MR) is 86.7 cm³/mol. The maximum Gasteiger partial charge on any atom is 0.213 e. The van der Waals surface area contributed by atoms with Gasteiger partial charge in [-0.1, -0.05) is 11.6 Å². The molecule has 1 heterocycles. The molecule has 1 aromatic carbocycles. The Morgan fingerprint density at radius 2 is 2.10 bits per heavy atom. The van der Waals surface area contributed by atoms with Gasteiger partial charge < -0.3 is 15.5 Å². The van der Waals surface area contributed by atoms with Crippen LogP contribution in [-0.4, -0.2) is 43.7 Å². The van der Waals surface area contributed by atoms with Crippen molar-refractivity contribution in [3.8, 4) is 0 Å². The number of benzene rings is 1. The van der Waals surface area contributed by atoms with Crippen LogP contribution < -0.4 is 10.6 Å². The smallest absolute Gasteiger partial charge is 0.213 e. The first kappa shape index (κ1) is 15.5. The van der Waals surface area contributed by atoms with E-state index >= 15 is 0 Å². The first-order valence-electron chi connectivity index (χ1n) is 6.63. The molecule has 0 radical (unpaired) electrons. The minimum atomic E-state index is 0.525. The van der Waals surface area contributed by atoms with Crippen molar-refractivity contribution in [2.24, 2.45) is 0 Å². The number of nitrogens with two attached hydrogens (primary N) is 1. The lowest BCUT2D eigenvalue weighted by Crippen LogP contribution is -2.31. The monoisotopic (exact) mass is 313 g/mol. The van der Waals surface area contributed by atoms with Crippen LogP contribution in [0.3, 0.4) is 0 Å². The van der Waals surface area contributed by atoms with Gasteiger partial charge in [0.25, 0.3) is 0 Å². The molecule has 0 aliphatic carbocycles. The van der Waals surface area contributed by atoms with Crippen molar-refractivity contribution in [2.45, 2.75) is 23.0 Å². The van der Waals surface area contributed by atoms with Gasteiger partial charge in [-0.2, -0.15) is 0 Å². The molecule has 1 aliphatic heterocycles. The number of carbonyl (C=O) groups excluding carboxylic acids is 1. The highest BCUT2D eigenvalue weighted by atomic mass is 35.5. The maximum absolute atomic E-state index is 10.9. The molecule has 2 rings (SSSR count). The zero-order valence-electron chi connectivity index (χ0n) is 11.8. The number of nitrogens with zero attached hydrogens (tertiary/aromatic N) is 2. The molecule has 0 spiro atoms. The molecule has 110 valence electrons. The van der Waals surface area contributed by atoms with Gasteiger partial charge in [-0.05, 0) is 45.1 Å². The molecule has 20 heavy (non-hydrogen) atoms. The van der Waals surface area contributed by atoms with Crippen LogP contribution in [0.25, 0.3) is 0 Å². The number of halogens is 1. The Morgan fingerprint density at radius 3 is 2.70 bits per heavy atom. The number of hydrogen-bond acceptors (Lipinski definition) is 4. The Bertz CT molecular complexity index is 490. The molecular formula is C14H20ClN3OS. The van der Waals surface area contributed by atoms with Gasteiger partial charge >= 0.3 is 0 Å². The van der Waals surface area contributed by atoms with Crippen LogP contribution in [-0.2, 0) is 4.79 Å². The summed E-state index contributed by atoms with van der Waals surface area (Å²) < 4.78 is 0. The van der Waals surface area contributed by atoms with Gasteiger partial charge in [-0.15, -0.1) is 11.8 Å². The molecule has 0 saturated carbocycles. The van der Waals surface area contributed by atoms with Gasteiger partial charge in [-0.3, -0.25) is 4.79 Å². The van der Waals surface area contributed by atoms with Crippen LogP contribution in [0.15, 0.2) is 17.0 Å². The quantitative estimate of drug-likeness (QED) is 0.686. The van der Waals surface area contributed by atoms with Crippen molar-refractivity contribution in [2.75, 3.05) is 37.8 Å². The van der Waals surface area contributed by atoms with Gasteiger partial charge in [0.2, 0.25) is 6.41 Å². The first-order valence-corrected chi connectivity index (χ1v) is 7.89. The maximum atomic E-state index is 10.9. The Balaban J connectivity index is 2.16. The van der Waals surface area contributed by atoms with Gasteiger partial charge in [0.15, 0.2) is 0 Å². The molecule has 0 unspecified atom stereocenters. The van der Waals surface area contributed by atoms with E-state index in [0.29, 0.717) is 21.6 Å². The predicted octanol–water partition coefficient (Wildman–Crippen LogP) is 2.70. The van der Waals surface area contributed by atoms with Crippen molar-refractivity contribution in [1.29, 1.82) is 0 Å². The summed E-state index contributed by atoms with van der Waals surface area (Å²) in [7, 11) is 3.84. The summed E-state index contributed by atoms with van der Waals surface area (Å²) in [4.78, 5) is 15.7. The van der Waals surface area contributed by atoms with Crippen molar-refractivity contribution >= 4 is 41.1 Å². The number of amides is 1. The molecule has 4 nitrogen and oxygen atoms in total. The van der Waals surface area contributed by atoms with E-state index in [4.69, 9.17) is 17.3 Å². The fourth-order valence-corrected chi connectivity index (χ4v) is 3.76. The van der Waals surface area contributed by atoms with E-state index in [1.54, 1.807) is 24.9 Å². The van der Waals surface area contributed by atoms with Gasteiger partial charge in [0, 0.05) is 17.2 Å². The van der Waals surface area contributed by atoms with E-state index in [-0.39, 0.29) is 0 Å². The lowest BCUT2D eigenvalue weighted by Gasteiger charge is -2.29. The molecule has 0 bridgehead atoms. The highest BCUT2D eigenvalue weighted by molar-refractivity contribution is 8.00. The standard InChI is InChI=1S/C14H20ClN3OS/c1-17-5-3-10(4-6-17)20-14-8-13(18(2)9-19)12(16)7-11(14)15/h7-10H,3-6,16H2,1-2H3. The number of nitrogen functional groups attached to an aromatic ring is 1. The largest absolute Gasteiger partial charge is 0.397 e. The minimum absolute atomic E-state index is 0.525. The molecular weight excluding hydrogens is 294 g/mol. The molecule has 1 aromatic rings. The Morgan fingerprint density at radius 1 is 1.45 bits per heavy atom. The zero-order chi connectivity index (χ0) is 14.7. The summed E-state index contributed by atoms with van der Waals surface area (Å²) >= 11 is 8.07. The fourth-order valence-electron chi connectivity index (χ4n) is 2.29. The van der Waals surface area contributed by atoms with Gasteiger partial charge in [-0.25, -0.2) is 0 Å². The third-order valence-electron chi connectivity index (χ3n) is 3.58. The average molecular weight is 314 g/mol. The topological polar surface area (TPSA) is 49.6 Å². The SMILES string of the molecule is CN1CCC(Sc2cc(N(C)C=O)c(N)cc2Cl)CC1. The minimum Gasteiger partial charge on any atom is -0.397 e. The molecule has 1 aliphatic rings. The second kappa shape index (κ2) is 6.70. The van der Waals surface area contributed by atoms with Crippen LogP contribution >= 0.6 is 23.4 Å². The van der Waals surface area contributed by atoms with Crippen molar-refractivity contribution < 1.29 is 4.79 Å². The lowest BCUT2D eigenvalue weighted by atomic mass is 10.1. The van der Waals surface area contributed by atoms with E-state index in [9.17, 15) is 4.79 Å². The number of carbonyl (C=O) groups is 1. The van der Waals surface area contributed by atoms with E-state index in [1.165, 1.54) is 4.90 Å². The molecule has 2 N–H and O–H groups in total. The fraction of sp³-hybridized carbons (Fsp3) is 0.500. The third kappa shape index (κ3) is 3.59. The molecule has 1 amide bonds. The van der Waals surface area contributed by atoms with Crippen molar-refractivity contribution in [1.82, 2.24) is 4.90 Å². The van der Waals surface area contributed by atoms with Crippen LogP contribution in [0.5, 0.6) is 0 Å². The van der Waals surface area contributed by atoms with Crippen LogP contribution in [0.2, 0.25) is 5.02 Å². The zero-order valence-corrected chi connectivity index (χ0v) is 13.4. The summed E-state index contributed by atoms with van der Waals surface area (Å²) in [6.45, 7) is 2.23.